The average Bonchev–Trinajstić information content (AvgIpc) is 3.13. The van der Waals surface area contributed by atoms with Crippen LogP contribution in [0, 0.1) is 0 Å². The van der Waals surface area contributed by atoms with Crippen molar-refractivity contribution in [1.82, 2.24) is 15.0 Å². The van der Waals surface area contributed by atoms with Crippen LogP contribution in [-0.4, -0.2) is 34.2 Å². The van der Waals surface area contributed by atoms with Gasteiger partial charge in [0.2, 0.25) is 0 Å². The fourth-order valence-electron chi connectivity index (χ4n) is 2.56. The van der Waals surface area contributed by atoms with Crippen LogP contribution in [0.4, 0.5) is 10.2 Å². The van der Waals surface area contributed by atoms with Gasteiger partial charge in [0.25, 0.3) is 0 Å². The van der Waals surface area contributed by atoms with Crippen LogP contribution < -0.4 is 4.90 Å². The van der Waals surface area contributed by atoms with E-state index in [1.54, 1.807) is 23.7 Å². The topological polar surface area (TPSA) is 41.9 Å². The fraction of sp³-hybridized carbons (Fsp3) is 0.267. The lowest BCUT2D eigenvalue weighted by molar-refractivity contribution is 0.364. The second-order valence-electron chi connectivity index (χ2n) is 5.23. The van der Waals surface area contributed by atoms with Gasteiger partial charge in [-0.2, -0.15) is 0 Å². The van der Waals surface area contributed by atoms with Crippen molar-refractivity contribution in [2.24, 2.45) is 0 Å². The van der Waals surface area contributed by atoms with Crippen LogP contribution in [0.25, 0.3) is 20.8 Å². The summed E-state index contributed by atoms with van der Waals surface area (Å²) in [5, 5.41) is 1.34. The number of alkyl halides is 1. The minimum absolute atomic E-state index is 0.428. The fourth-order valence-corrected chi connectivity index (χ4v) is 3.74. The molecule has 4 rings (SSSR count). The van der Waals surface area contributed by atoms with Crippen LogP contribution in [0.5, 0.6) is 0 Å². The van der Waals surface area contributed by atoms with Gasteiger partial charge >= 0.3 is 0 Å². The molecular formula is C15H12ClFN4S. The smallest absolute Gasteiger partial charge is 0.130 e. The predicted octanol–water partition coefficient (Wildman–Crippen LogP) is 3.95. The van der Waals surface area contributed by atoms with Crippen molar-refractivity contribution < 1.29 is 4.39 Å². The van der Waals surface area contributed by atoms with E-state index in [9.17, 15) is 4.39 Å². The number of aromatic nitrogens is 3. The first-order valence-electron chi connectivity index (χ1n) is 6.96. The Morgan fingerprint density at radius 2 is 2.18 bits per heavy atom. The maximum absolute atomic E-state index is 13.3. The molecule has 1 fully saturated rings. The van der Waals surface area contributed by atoms with Gasteiger partial charge in [0.15, 0.2) is 0 Å². The van der Waals surface area contributed by atoms with Crippen LogP contribution >= 0.6 is 22.9 Å². The number of anilines is 1. The van der Waals surface area contributed by atoms with Gasteiger partial charge in [-0.1, -0.05) is 11.6 Å². The van der Waals surface area contributed by atoms with Crippen molar-refractivity contribution in [3.63, 3.8) is 0 Å². The van der Waals surface area contributed by atoms with E-state index in [0.717, 1.165) is 33.2 Å². The van der Waals surface area contributed by atoms with Gasteiger partial charge < -0.3 is 4.90 Å². The molecule has 0 amide bonds. The highest BCUT2D eigenvalue weighted by Crippen LogP contribution is 2.31. The molecule has 0 bridgehead atoms. The Hall–Kier alpha value is -1.79. The number of nitrogens with zero attached hydrogens (tertiary/aromatic N) is 4. The molecule has 0 unspecified atom stereocenters. The molecule has 3 aromatic heterocycles. The van der Waals surface area contributed by atoms with Crippen molar-refractivity contribution in [3.8, 4) is 10.6 Å². The summed E-state index contributed by atoms with van der Waals surface area (Å²) in [5.74, 6) is 0.815. The number of hydrogen-bond acceptors (Lipinski definition) is 5. The minimum Gasteiger partial charge on any atom is -0.354 e. The van der Waals surface area contributed by atoms with Crippen molar-refractivity contribution in [3.05, 3.63) is 35.7 Å². The Morgan fingerprint density at radius 1 is 1.27 bits per heavy atom. The van der Waals surface area contributed by atoms with Crippen molar-refractivity contribution in [2.45, 2.75) is 12.6 Å². The summed E-state index contributed by atoms with van der Waals surface area (Å²) >= 11 is 7.45. The van der Waals surface area contributed by atoms with E-state index in [2.05, 4.69) is 15.0 Å². The van der Waals surface area contributed by atoms with Crippen LogP contribution in [0.3, 0.4) is 0 Å². The molecule has 0 N–H and O–H groups in total. The minimum atomic E-state index is -0.747. The number of thiazole rings is 1. The summed E-state index contributed by atoms with van der Waals surface area (Å²) in [7, 11) is 0. The summed E-state index contributed by atoms with van der Waals surface area (Å²) in [6.45, 7) is 1.15. The van der Waals surface area contributed by atoms with E-state index in [1.165, 1.54) is 0 Å². The van der Waals surface area contributed by atoms with Crippen molar-refractivity contribution in [2.75, 3.05) is 18.0 Å². The van der Waals surface area contributed by atoms with E-state index in [-0.39, 0.29) is 0 Å². The lowest BCUT2D eigenvalue weighted by Crippen LogP contribution is -2.20. The molecule has 1 saturated heterocycles. The number of hydrogen-bond donors (Lipinski definition) is 0. The third-order valence-corrected chi connectivity index (χ3v) is 4.96. The number of pyridine rings is 2. The molecule has 1 aliphatic heterocycles. The van der Waals surface area contributed by atoms with Gasteiger partial charge in [-0.05, 0) is 24.6 Å². The molecule has 112 valence electrons. The second-order valence-corrected chi connectivity index (χ2v) is 6.65. The van der Waals surface area contributed by atoms with Gasteiger partial charge in [-0.15, -0.1) is 11.3 Å². The molecule has 0 saturated carbocycles. The first-order chi connectivity index (χ1) is 10.7. The molecule has 4 heterocycles. The molecule has 0 aromatic carbocycles. The lowest BCUT2D eigenvalue weighted by atomic mass is 10.3. The van der Waals surface area contributed by atoms with Gasteiger partial charge in [0, 0.05) is 18.3 Å². The first-order valence-corrected chi connectivity index (χ1v) is 8.16. The van der Waals surface area contributed by atoms with Gasteiger partial charge in [0.05, 0.1) is 17.4 Å². The molecular weight excluding hydrogens is 323 g/mol. The largest absolute Gasteiger partial charge is 0.354 e. The quantitative estimate of drug-likeness (QED) is 0.665. The summed E-state index contributed by atoms with van der Waals surface area (Å²) in [5.41, 5.74) is 1.77. The van der Waals surface area contributed by atoms with Crippen molar-refractivity contribution in [1.29, 1.82) is 0 Å². The molecule has 0 spiro atoms. The number of rotatable bonds is 2. The van der Waals surface area contributed by atoms with E-state index in [1.807, 2.05) is 23.1 Å². The number of fused-ring (bicyclic) bond motifs is 1. The third-order valence-electron chi connectivity index (χ3n) is 3.69. The zero-order valence-electron chi connectivity index (χ0n) is 11.5. The molecule has 3 aromatic rings. The van der Waals surface area contributed by atoms with Crippen molar-refractivity contribution >= 4 is 39.0 Å². The van der Waals surface area contributed by atoms with Gasteiger partial charge in [-0.3, -0.25) is 0 Å². The summed E-state index contributed by atoms with van der Waals surface area (Å²) in [6, 6.07) is 5.71. The average molecular weight is 335 g/mol. The van der Waals surface area contributed by atoms with E-state index >= 15 is 0 Å². The number of halogens is 2. The zero-order chi connectivity index (χ0) is 15.1. The molecule has 7 heteroatoms. The standard InChI is InChI=1S/C15H12ClFN4S/c16-13-5-12-11(7-18-13)20-15(22-12)9-1-2-14(19-6-9)21-4-3-10(17)8-21/h1-2,5-7,10H,3-4,8H2/t10-/m1/s1. The molecule has 1 atom stereocenters. The SMILES string of the molecule is F[C@@H]1CCN(c2ccc(-c3nc4cnc(Cl)cc4s3)cn2)C1. The molecule has 1 aliphatic rings. The Bertz CT molecular complexity index is 820. The Morgan fingerprint density at radius 3 is 2.91 bits per heavy atom. The Balaban J connectivity index is 1.64. The van der Waals surface area contributed by atoms with E-state index in [4.69, 9.17) is 11.6 Å². The highest BCUT2D eigenvalue weighted by molar-refractivity contribution is 7.21. The maximum Gasteiger partial charge on any atom is 0.130 e. The van der Waals surface area contributed by atoms with E-state index in [0.29, 0.717) is 18.1 Å². The van der Waals surface area contributed by atoms with Crippen LogP contribution in [0.15, 0.2) is 30.6 Å². The molecule has 0 aliphatic carbocycles. The Kier molecular flexibility index (Phi) is 3.43. The molecule has 22 heavy (non-hydrogen) atoms. The van der Waals surface area contributed by atoms with Crippen LogP contribution in [0.2, 0.25) is 5.15 Å². The summed E-state index contributed by atoms with van der Waals surface area (Å²) in [4.78, 5) is 15.0. The van der Waals surface area contributed by atoms with Gasteiger partial charge in [0.1, 0.15) is 27.7 Å². The normalized spacial score (nSPS) is 18.3. The summed E-state index contributed by atoms with van der Waals surface area (Å²) in [6.07, 6.45) is 3.29. The molecule has 0 radical (unpaired) electrons. The lowest BCUT2D eigenvalue weighted by Gasteiger charge is -2.15. The Labute approximate surface area is 135 Å². The van der Waals surface area contributed by atoms with Gasteiger partial charge in [-0.25, -0.2) is 19.3 Å². The van der Waals surface area contributed by atoms with E-state index < -0.39 is 6.17 Å². The third kappa shape index (κ3) is 2.53. The second kappa shape index (κ2) is 5.44. The maximum atomic E-state index is 13.3. The summed E-state index contributed by atoms with van der Waals surface area (Å²) < 4.78 is 14.3. The van der Waals surface area contributed by atoms with Crippen LogP contribution in [0.1, 0.15) is 6.42 Å². The van der Waals surface area contributed by atoms with Crippen LogP contribution in [-0.2, 0) is 0 Å². The predicted molar refractivity (Wildman–Crippen MR) is 87.4 cm³/mol. The highest BCUT2D eigenvalue weighted by Gasteiger charge is 2.22. The monoisotopic (exact) mass is 334 g/mol. The molecule has 4 nitrogen and oxygen atoms in total. The zero-order valence-corrected chi connectivity index (χ0v) is 13.1. The highest BCUT2D eigenvalue weighted by atomic mass is 35.5. The first kappa shape index (κ1) is 13.8.